The molecule has 0 saturated carbocycles. The fourth-order valence-corrected chi connectivity index (χ4v) is 4.65. The molecule has 0 fully saturated rings. The Bertz CT molecular complexity index is 1570. The molecule has 16 heteroatoms. The number of thiazole rings is 1. The number of nitro groups is 1. The third kappa shape index (κ3) is 7.78. The predicted molar refractivity (Wildman–Crippen MR) is 149 cm³/mol. The molecule has 0 atom stereocenters. The Kier molecular flexibility index (Phi) is 9.27. The number of hydrogen-bond donors (Lipinski definition) is 3. The van der Waals surface area contributed by atoms with Gasteiger partial charge in [-0.1, -0.05) is 48.2 Å². The van der Waals surface area contributed by atoms with E-state index in [0.29, 0.717) is 10.8 Å². The molecule has 14 nitrogen and oxygen atoms in total. The van der Waals surface area contributed by atoms with Gasteiger partial charge < -0.3 is 5.32 Å². The number of nitro benzene ring substituents is 1. The Labute approximate surface area is 235 Å². The zero-order chi connectivity index (χ0) is 28.5. The number of aromatic nitrogens is 4. The van der Waals surface area contributed by atoms with Gasteiger partial charge in [0.05, 0.1) is 29.0 Å². The first-order valence-corrected chi connectivity index (χ1v) is 13.4. The van der Waals surface area contributed by atoms with E-state index in [-0.39, 0.29) is 40.3 Å². The highest BCUT2D eigenvalue weighted by atomic mass is 32.2. The second kappa shape index (κ2) is 13.2. The molecule has 4 rings (SSSR count). The molecule has 40 heavy (non-hydrogen) atoms. The maximum Gasteiger partial charge on any atom is 0.270 e. The van der Waals surface area contributed by atoms with Gasteiger partial charge in [-0.05, 0) is 11.6 Å². The standard InChI is InChI=1S/C24H21N9O5S2/c1-15(34)26-23-27-18(13-39-23)11-20-28-30-24(40-14-21(35)29-25-12-16-6-3-2-4-7-16)32(20)31-22(36)17-8-5-9-19(10-17)33(37)38/h2-10,12-13H,11,14H2,1H3,(H,29,35)(H,31,36)(H,26,27,34)/b25-12+. The molecule has 3 N–H and O–H groups in total. The SMILES string of the molecule is CC(=O)Nc1nc(Cc2nnc(SCC(=O)N/N=C/c3ccccc3)n2NC(=O)c2cccc([N+](=O)[O-])c2)cs1. The van der Waals surface area contributed by atoms with E-state index in [4.69, 9.17) is 0 Å². The molecule has 204 valence electrons. The van der Waals surface area contributed by atoms with Crippen LogP contribution >= 0.6 is 23.1 Å². The number of benzene rings is 2. The van der Waals surface area contributed by atoms with Crippen LogP contribution in [0, 0.1) is 10.1 Å². The summed E-state index contributed by atoms with van der Waals surface area (Å²) in [5.41, 5.74) is 6.23. The maximum atomic E-state index is 13.0. The lowest BCUT2D eigenvalue weighted by Crippen LogP contribution is -2.26. The summed E-state index contributed by atoms with van der Waals surface area (Å²) < 4.78 is 1.30. The highest BCUT2D eigenvalue weighted by Crippen LogP contribution is 2.21. The van der Waals surface area contributed by atoms with E-state index < -0.39 is 16.7 Å². The summed E-state index contributed by atoms with van der Waals surface area (Å²) in [5.74, 6) is -1.15. The van der Waals surface area contributed by atoms with E-state index in [1.807, 2.05) is 30.3 Å². The number of rotatable bonds is 11. The molecule has 0 saturated heterocycles. The molecule has 0 aliphatic heterocycles. The molecular weight excluding hydrogens is 558 g/mol. The van der Waals surface area contributed by atoms with E-state index >= 15 is 0 Å². The van der Waals surface area contributed by atoms with E-state index in [1.54, 1.807) is 5.38 Å². The van der Waals surface area contributed by atoms with Crippen LogP contribution in [0.4, 0.5) is 10.8 Å². The summed E-state index contributed by atoms with van der Waals surface area (Å²) in [7, 11) is 0. The Hall–Kier alpha value is -4.96. The van der Waals surface area contributed by atoms with Crippen LogP contribution in [0.25, 0.3) is 0 Å². The summed E-state index contributed by atoms with van der Waals surface area (Å²) in [6.45, 7) is 1.37. The third-order valence-electron chi connectivity index (χ3n) is 4.94. The molecule has 2 aromatic heterocycles. The van der Waals surface area contributed by atoms with Crippen LogP contribution in [-0.2, 0) is 16.0 Å². The smallest absolute Gasteiger partial charge is 0.270 e. The molecule has 0 radical (unpaired) electrons. The monoisotopic (exact) mass is 579 g/mol. The maximum absolute atomic E-state index is 13.0. The van der Waals surface area contributed by atoms with Crippen molar-refractivity contribution in [2.75, 3.05) is 16.5 Å². The summed E-state index contributed by atoms with van der Waals surface area (Å²) in [4.78, 5) is 51.5. The van der Waals surface area contributed by atoms with Gasteiger partial charge in [-0.3, -0.25) is 29.9 Å². The summed E-state index contributed by atoms with van der Waals surface area (Å²) >= 11 is 2.22. The van der Waals surface area contributed by atoms with Crippen molar-refractivity contribution in [1.29, 1.82) is 0 Å². The van der Waals surface area contributed by atoms with Gasteiger partial charge in [0, 0.05) is 30.0 Å². The lowest BCUT2D eigenvalue weighted by molar-refractivity contribution is -0.384. The molecule has 3 amide bonds. The van der Waals surface area contributed by atoms with Gasteiger partial charge in [0.1, 0.15) is 0 Å². The van der Waals surface area contributed by atoms with Gasteiger partial charge in [-0.25, -0.2) is 15.1 Å². The first-order chi connectivity index (χ1) is 19.3. The molecule has 2 heterocycles. The van der Waals surface area contributed by atoms with Crippen molar-refractivity contribution in [2.24, 2.45) is 5.10 Å². The van der Waals surface area contributed by atoms with Crippen LogP contribution < -0.4 is 16.2 Å². The highest BCUT2D eigenvalue weighted by molar-refractivity contribution is 7.99. The minimum Gasteiger partial charge on any atom is -0.302 e. The van der Waals surface area contributed by atoms with Crippen LogP contribution in [0.15, 0.2) is 70.2 Å². The van der Waals surface area contributed by atoms with Crippen molar-refractivity contribution in [3.8, 4) is 0 Å². The van der Waals surface area contributed by atoms with E-state index in [0.717, 1.165) is 23.4 Å². The Morgan fingerprint density at radius 1 is 1.15 bits per heavy atom. The summed E-state index contributed by atoms with van der Waals surface area (Å²) in [5, 5.41) is 28.2. The number of nitrogens with zero attached hydrogens (tertiary/aromatic N) is 6. The average Bonchev–Trinajstić information content (AvgIpc) is 3.54. The minimum absolute atomic E-state index is 0.0411. The number of carbonyl (C=O) groups excluding carboxylic acids is 3. The lowest BCUT2D eigenvalue weighted by Gasteiger charge is -2.11. The van der Waals surface area contributed by atoms with E-state index in [9.17, 15) is 24.5 Å². The van der Waals surface area contributed by atoms with E-state index in [1.165, 1.54) is 47.4 Å². The zero-order valence-electron chi connectivity index (χ0n) is 20.8. The Morgan fingerprint density at radius 3 is 2.70 bits per heavy atom. The first-order valence-electron chi connectivity index (χ1n) is 11.5. The van der Waals surface area contributed by atoms with E-state index in [2.05, 4.69) is 36.5 Å². The van der Waals surface area contributed by atoms with Gasteiger partial charge in [-0.2, -0.15) is 5.10 Å². The Balaban J connectivity index is 1.50. The number of hydrogen-bond acceptors (Lipinski definition) is 11. The first kappa shape index (κ1) is 28.1. The molecule has 0 aliphatic carbocycles. The second-order valence-corrected chi connectivity index (χ2v) is 9.78. The fourth-order valence-electron chi connectivity index (χ4n) is 3.19. The fraction of sp³-hybridized carbons (Fsp3) is 0.125. The van der Waals surface area contributed by atoms with Crippen LogP contribution in [-0.4, -0.2) is 54.5 Å². The number of non-ortho nitro benzene ring substituents is 1. The molecular formula is C24H21N9O5S2. The highest BCUT2D eigenvalue weighted by Gasteiger charge is 2.20. The van der Waals surface area contributed by atoms with Gasteiger partial charge in [0.2, 0.25) is 11.1 Å². The summed E-state index contributed by atoms with van der Waals surface area (Å²) in [6, 6.07) is 14.5. The predicted octanol–water partition coefficient (Wildman–Crippen LogP) is 2.82. The van der Waals surface area contributed by atoms with Crippen molar-refractivity contribution in [3.05, 3.63) is 92.7 Å². The second-order valence-electron chi connectivity index (χ2n) is 7.98. The topological polar surface area (TPSA) is 186 Å². The van der Waals surface area contributed by atoms with Gasteiger partial charge >= 0.3 is 0 Å². The molecule has 0 spiro atoms. The van der Waals surface area contributed by atoms with Gasteiger partial charge in [0.25, 0.3) is 17.5 Å². The minimum atomic E-state index is -0.652. The zero-order valence-corrected chi connectivity index (χ0v) is 22.4. The van der Waals surface area contributed by atoms with Crippen LogP contribution in [0.2, 0.25) is 0 Å². The largest absolute Gasteiger partial charge is 0.302 e. The number of amides is 3. The lowest BCUT2D eigenvalue weighted by atomic mass is 10.2. The van der Waals surface area contributed by atoms with Crippen LogP contribution in [0.3, 0.4) is 0 Å². The molecule has 4 aromatic rings. The van der Waals surface area contributed by atoms with Gasteiger partial charge in [0.15, 0.2) is 11.0 Å². The van der Waals surface area contributed by atoms with Gasteiger partial charge in [-0.15, -0.1) is 21.5 Å². The summed E-state index contributed by atoms with van der Waals surface area (Å²) in [6.07, 6.45) is 1.64. The number of anilines is 1. The normalized spacial score (nSPS) is 10.8. The number of hydrazone groups is 1. The van der Waals surface area contributed by atoms with Crippen molar-refractivity contribution in [2.45, 2.75) is 18.5 Å². The van der Waals surface area contributed by atoms with Crippen molar-refractivity contribution >= 4 is 57.9 Å². The third-order valence-corrected chi connectivity index (χ3v) is 6.68. The molecule has 2 aromatic carbocycles. The average molecular weight is 580 g/mol. The number of thioether (sulfide) groups is 1. The number of carbonyl (C=O) groups is 3. The van der Waals surface area contributed by atoms with Crippen LogP contribution in [0.5, 0.6) is 0 Å². The molecule has 0 bridgehead atoms. The molecule has 0 aliphatic rings. The number of nitrogens with one attached hydrogen (secondary N) is 3. The Morgan fingerprint density at radius 2 is 1.95 bits per heavy atom. The van der Waals surface area contributed by atoms with Crippen molar-refractivity contribution in [3.63, 3.8) is 0 Å². The van der Waals surface area contributed by atoms with Crippen molar-refractivity contribution in [1.82, 2.24) is 25.3 Å². The molecule has 0 unspecified atom stereocenters. The van der Waals surface area contributed by atoms with Crippen LogP contribution in [0.1, 0.15) is 34.4 Å². The quantitative estimate of drug-likeness (QED) is 0.104. The van der Waals surface area contributed by atoms with Crippen molar-refractivity contribution < 1.29 is 19.3 Å².